The third-order valence-corrected chi connectivity index (χ3v) is 12.3. The zero-order valence-electron chi connectivity index (χ0n) is 38.4. The lowest BCUT2D eigenvalue weighted by atomic mass is 9.12. The molecule has 7 aromatic rings. The van der Waals surface area contributed by atoms with Crippen molar-refractivity contribution in [1.29, 1.82) is 0 Å². The van der Waals surface area contributed by atoms with E-state index in [1.54, 1.807) is 6.20 Å². The Hall–Kier alpha value is -7.07. The molecule has 6 aromatic carbocycles. The molecule has 7 rings (SSSR count). The highest BCUT2D eigenvalue weighted by Crippen LogP contribution is 2.41. The highest BCUT2D eigenvalue weighted by Gasteiger charge is 2.47. The van der Waals surface area contributed by atoms with Crippen LogP contribution in [0, 0.1) is 0 Å². The Labute approximate surface area is 436 Å². The third kappa shape index (κ3) is 14.4. The molecular formula is C50H26BBrF24N2O. The largest absolute Gasteiger partial charge is 0.416 e. The lowest BCUT2D eigenvalue weighted by Gasteiger charge is -2.46. The number of Topliss-reactive ketones (excluding diaryl/α,β-unsaturated/α-hetero) is 1. The van der Waals surface area contributed by atoms with Gasteiger partial charge in [0, 0.05) is 15.6 Å². The van der Waals surface area contributed by atoms with Gasteiger partial charge in [-0.1, -0.05) is 107 Å². The third-order valence-electron chi connectivity index (χ3n) is 11.8. The molecule has 0 aliphatic rings. The molecule has 0 spiro atoms. The lowest BCUT2D eigenvalue weighted by Crippen LogP contribution is -2.75. The van der Waals surface area contributed by atoms with Crippen molar-refractivity contribution < 1.29 is 115 Å². The lowest BCUT2D eigenvalue weighted by molar-refractivity contribution is -0.683. The van der Waals surface area contributed by atoms with E-state index in [9.17, 15) is 110 Å². The zero-order chi connectivity index (χ0) is 59.3. The average molecular weight is 1220 g/mol. The Morgan fingerprint density at radius 3 is 0.949 bits per heavy atom. The van der Waals surface area contributed by atoms with Gasteiger partial charge in [0.05, 0.1) is 50.7 Å². The van der Waals surface area contributed by atoms with Crippen LogP contribution < -0.4 is 26.4 Å². The molecule has 0 unspecified atom stereocenters. The Bertz CT molecular complexity index is 2900. The Kier molecular flexibility index (Phi) is 16.7. The van der Waals surface area contributed by atoms with E-state index in [1.165, 1.54) is 0 Å². The number of rotatable bonds is 8. The summed E-state index contributed by atoms with van der Waals surface area (Å²) in [6.07, 6.45) is -49.4. The Balaban J connectivity index is 0.000000378. The minimum absolute atomic E-state index is 0.0820. The average Bonchev–Trinajstić information content (AvgIpc) is 3.54. The summed E-state index contributed by atoms with van der Waals surface area (Å²) in [4.78, 5) is 16.6. The smallest absolute Gasteiger partial charge is 0.287 e. The second kappa shape index (κ2) is 21.5. The van der Waals surface area contributed by atoms with Gasteiger partial charge in [-0.05, 0) is 36.4 Å². The number of halogens is 25. The van der Waals surface area contributed by atoms with Crippen molar-refractivity contribution in [2.45, 2.75) is 56.0 Å². The van der Waals surface area contributed by atoms with Crippen molar-refractivity contribution in [3.63, 3.8) is 0 Å². The van der Waals surface area contributed by atoms with E-state index in [1.807, 2.05) is 71.6 Å². The van der Waals surface area contributed by atoms with Crippen LogP contribution in [0.4, 0.5) is 105 Å². The SMILES string of the molecule is FC(F)(F)c1cc([B-](c2cc(C(F)(F)F)cc(C(F)(F)F)c2)(c2cc(C(F)(F)F)cc(C(F)(F)F)c2)c2cc(C(F)(F)F)cc(C(F)(F)F)c2)cc(C(F)(F)F)c1.O=C(C[n+]1ccnc(-c2ccc(Br)cc2)c1)c1ccccc1. The number of carbonyl (C=O) groups is 1. The second-order valence-corrected chi connectivity index (χ2v) is 18.0. The first-order valence-corrected chi connectivity index (χ1v) is 22.3. The predicted molar refractivity (Wildman–Crippen MR) is 238 cm³/mol. The van der Waals surface area contributed by atoms with E-state index in [2.05, 4.69) is 20.9 Å². The van der Waals surface area contributed by atoms with Crippen molar-refractivity contribution in [2.75, 3.05) is 0 Å². The van der Waals surface area contributed by atoms with E-state index < -0.39 is 195 Å². The molecule has 0 saturated carbocycles. The number of carbonyl (C=O) groups excluding carboxylic acids is 1. The van der Waals surface area contributed by atoms with Crippen LogP contribution in [0.1, 0.15) is 54.9 Å². The van der Waals surface area contributed by atoms with Crippen LogP contribution in [0.5, 0.6) is 0 Å². The maximum atomic E-state index is 14.2. The first-order chi connectivity index (χ1) is 36.0. The van der Waals surface area contributed by atoms with Crippen LogP contribution in [0.15, 0.2) is 150 Å². The van der Waals surface area contributed by atoms with Crippen molar-refractivity contribution in [2.24, 2.45) is 0 Å². The minimum atomic E-state index is -6.13. The molecule has 3 nitrogen and oxygen atoms in total. The molecule has 0 bridgehead atoms. The molecule has 420 valence electrons. The number of hydrogen-bond acceptors (Lipinski definition) is 2. The van der Waals surface area contributed by atoms with Gasteiger partial charge in [-0.3, -0.25) is 4.79 Å². The van der Waals surface area contributed by atoms with Crippen molar-refractivity contribution in [1.82, 2.24) is 4.98 Å². The highest BCUT2D eigenvalue weighted by molar-refractivity contribution is 9.10. The molecule has 29 heteroatoms. The number of hydrogen-bond donors (Lipinski definition) is 0. The molecule has 0 aliphatic carbocycles. The standard InChI is InChI=1S/C32H12BF24.C18H14BrN2O/c34-25(35,36)13-1-14(26(37,38)39)6-21(5-13)33(22-7-15(27(40,41)42)2-16(8-22)28(43,44)45,23-9-17(29(46,47)48)3-18(10-23)30(49,50)51)24-11-19(31(52,53)54)4-20(12-24)32(55,56)57;19-16-8-6-14(7-9-16)17-12-21(11-10-20-17)13-18(22)15-4-2-1-3-5-15/h1-12H;1-12H,13H2/q-1;+1. The fourth-order valence-corrected chi connectivity index (χ4v) is 8.52. The van der Waals surface area contributed by atoms with E-state index in [-0.39, 0.29) is 5.78 Å². The van der Waals surface area contributed by atoms with E-state index in [4.69, 9.17) is 0 Å². The summed E-state index contributed by atoms with van der Waals surface area (Å²) in [5, 5.41) is 0. The van der Waals surface area contributed by atoms with Crippen LogP contribution in [0.2, 0.25) is 0 Å². The van der Waals surface area contributed by atoms with Gasteiger partial charge in [0.15, 0.2) is 12.4 Å². The summed E-state index contributed by atoms with van der Waals surface area (Å²) in [7, 11) is 0. The first kappa shape index (κ1) is 61.2. The van der Waals surface area contributed by atoms with Crippen molar-refractivity contribution >= 4 is 49.7 Å². The minimum Gasteiger partial charge on any atom is -0.287 e. The van der Waals surface area contributed by atoms with Crippen molar-refractivity contribution in [3.8, 4) is 11.3 Å². The van der Waals surface area contributed by atoms with Gasteiger partial charge >= 0.3 is 49.4 Å². The number of nitrogens with zero attached hydrogens (tertiary/aromatic N) is 2. The van der Waals surface area contributed by atoms with Gasteiger partial charge in [-0.25, -0.2) is 4.98 Å². The fraction of sp³-hybridized carbons (Fsp3) is 0.180. The van der Waals surface area contributed by atoms with Gasteiger partial charge in [-0.15, -0.1) is 0 Å². The predicted octanol–water partition coefficient (Wildman–Crippen LogP) is 14.9. The molecular weight excluding hydrogens is 1190 g/mol. The summed E-state index contributed by atoms with van der Waals surface area (Å²) < 4.78 is 344. The summed E-state index contributed by atoms with van der Waals surface area (Å²) in [6.45, 7) is 0.302. The van der Waals surface area contributed by atoms with Gasteiger partial charge in [-0.2, -0.15) is 132 Å². The van der Waals surface area contributed by atoms with E-state index in [0.717, 1.165) is 21.3 Å². The van der Waals surface area contributed by atoms with Crippen LogP contribution in [-0.4, -0.2) is 16.9 Å². The second-order valence-electron chi connectivity index (χ2n) is 17.1. The fourth-order valence-electron chi connectivity index (χ4n) is 8.25. The van der Waals surface area contributed by atoms with Crippen LogP contribution in [0.3, 0.4) is 0 Å². The highest BCUT2D eigenvalue weighted by atomic mass is 79.9. The first-order valence-electron chi connectivity index (χ1n) is 21.5. The Morgan fingerprint density at radius 2 is 0.684 bits per heavy atom. The molecule has 0 radical (unpaired) electrons. The van der Waals surface area contributed by atoms with Gasteiger partial charge in [0.1, 0.15) is 11.8 Å². The zero-order valence-corrected chi connectivity index (χ0v) is 40.0. The van der Waals surface area contributed by atoms with Crippen molar-refractivity contribution in [3.05, 3.63) is 201 Å². The quantitative estimate of drug-likeness (QED) is 0.0658. The molecule has 0 amide bonds. The number of aromatic nitrogens is 2. The molecule has 0 atom stereocenters. The molecule has 1 heterocycles. The number of alkyl halides is 24. The van der Waals surface area contributed by atoms with Gasteiger partial charge < -0.3 is 0 Å². The topological polar surface area (TPSA) is 33.8 Å². The summed E-state index contributed by atoms with van der Waals surface area (Å²) in [5.74, 6) is 0.0820. The number of ketones is 1. The number of benzene rings is 6. The summed E-state index contributed by atoms with van der Waals surface area (Å²) in [6, 6.07) is 8.45. The Morgan fingerprint density at radius 1 is 0.405 bits per heavy atom. The summed E-state index contributed by atoms with van der Waals surface area (Å²) >= 11 is 3.42. The summed E-state index contributed by atoms with van der Waals surface area (Å²) in [5.41, 5.74) is -27.6. The normalized spacial score (nSPS) is 13.2. The van der Waals surface area contributed by atoms with E-state index in [0.29, 0.717) is 6.54 Å². The van der Waals surface area contributed by atoms with Gasteiger partial charge in [0.25, 0.3) is 0 Å². The monoisotopic (exact) mass is 1220 g/mol. The molecule has 0 N–H and O–H groups in total. The van der Waals surface area contributed by atoms with Crippen LogP contribution in [0.25, 0.3) is 11.3 Å². The molecule has 0 saturated heterocycles. The maximum absolute atomic E-state index is 14.2. The van der Waals surface area contributed by atoms with Crippen LogP contribution in [-0.2, 0) is 56.0 Å². The molecule has 1 aromatic heterocycles. The molecule has 0 fully saturated rings. The van der Waals surface area contributed by atoms with E-state index >= 15 is 0 Å². The molecule has 0 aliphatic heterocycles. The maximum Gasteiger partial charge on any atom is 0.416 e. The van der Waals surface area contributed by atoms with Crippen LogP contribution >= 0.6 is 15.9 Å². The van der Waals surface area contributed by atoms with Gasteiger partial charge in [0.2, 0.25) is 12.3 Å². The molecule has 79 heavy (non-hydrogen) atoms.